The second-order valence-corrected chi connectivity index (χ2v) is 18.2. The molecule has 1 aliphatic heterocycles. The van der Waals surface area contributed by atoms with Gasteiger partial charge in [0.1, 0.15) is 24.2 Å². The summed E-state index contributed by atoms with van der Waals surface area (Å²) in [4.78, 5) is 67.4. The Balaban J connectivity index is 1.16. The number of halogens is 1. The number of rotatable bonds is 18. The summed E-state index contributed by atoms with van der Waals surface area (Å²) in [7, 11) is -0.647. The fourth-order valence-electron chi connectivity index (χ4n) is 8.80. The third kappa shape index (κ3) is 10.5. The van der Waals surface area contributed by atoms with Crippen LogP contribution >= 0.6 is 11.6 Å². The first kappa shape index (κ1) is 46.1. The van der Waals surface area contributed by atoms with Crippen LogP contribution in [-0.4, -0.2) is 96.2 Å². The number of aliphatic hydroxyl groups is 1. The average Bonchev–Trinajstić information content (AvgIpc) is 3.56. The fraction of sp³-hybridized carbons (Fsp3) is 0.605. The SMILES string of the molecule is CC(C)C(NC(=O)c1ccc(-c2ccc(Cl)cc2)cc1)C(=O)N[C@H](C(=O)N[C@@H](C)C(=O)N[C@@H](CCCCN)C(=O)N[C@@H](C)B1O[C@@H]2C[C@@H]3C[C@@H](C3(C)C)[C@]2(C)O1)[C@@H](C)O. The van der Waals surface area contributed by atoms with Gasteiger partial charge < -0.3 is 46.7 Å². The van der Waals surface area contributed by atoms with Gasteiger partial charge in [-0.2, -0.15) is 0 Å². The molecule has 16 heteroatoms. The van der Waals surface area contributed by atoms with Crippen LogP contribution < -0.4 is 32.3 Å². The molecule has 0 radical (unpaired) electrons. The standard InChI is InChI=1S/C43H62BClN6O8/c1-23(2)35(50-38(54)29-14-12-27(13-15-29)28-16-18-31(45)19-17-28)40(56)51-36(25(4)52)41(57)47-24(3)37(53)49-32(11-9-10-20-46)39(55)48-26(5)44-58-34-22-30-21-33(42(30,6)7)43(34,8)59-44/h12-19,23-26,30,32-36,52H,9-11,20-22,46H2,1-8H3,(H,47,57)(H,48,55)(H,49,53)(H,50,54)(H,51,56)/t24-,25+,26-,30-,32-,33-,34+,35?,36-,43-/m0/s1. The molecule has 3 saturated carbocycles. The molecule has 6 rings (SSSR count). The zero-order chi connectivity index (χ0) is 43.4. The Labute approximate surface area is 353 Å². The van der Waals surface area contributed by atoms with E-state index in [1.54, 1.807) is 50.2 Å². The molecule has 2 bridgehead atoms. The molecule has 1 unspecified atom stereocenters. The van der Waals surface area contributed by atoms with Gasteiger partial charge >= 0.3 is 7.12 Å². The topological polar surface area (TPSA) is 210 Å². The summed E-state index contributed by atoms with van der Waals surface area (Å²) >= 11 is 6.00. The number of aliphatic hydroxyl groups excluding tert-OH is 1. The van der Waals surface area contributed by atoms with E-state index >= 15 is 0 Å². The molecule has 322 valence electrons. The second-order valence-electron chi connectivity index (χ2n) is 17.7. The monoisotopic (exact) mass is 836 g/mol. The first-order valence-corrected chi connectivity index (χ1v) is 21.2. The van der Waals surface area contributed by atoms with E-state index in [0.717, 1.165) is 24.0 Å². The van der Waals surface area contributed by atoms with Gasteiger partial charge in [-0.15, -0.1) is 0 Å². The molecular weight excluding hydrogens is 775 g/mol. The van der Waals surface area contributed by atoms with Gasteiger partial charge in [-0.05, 0) is 125 Å². The van der Waals surface area contributed by atoms with Crippen molar-refractivity contribution in [2.75, 3.05) is 6.54 Å². The van der Waals surface area contributed by atoms with E-state index in [0.29, 0.717) is 48.2 Å². The third-order valence-electron chi connectivity index (χ3n) is 12.7. The lowest BCUT2D eigenvalue weighted by atomic mass is 9.43. The lowest BCUT2D eigenvalue weighted by molar-refractivity contribution is -0.199. The van der Waals surface area contributed by atoms with Gasteiger partial charge in [-0.3, -0.25) is 24.0 Å². The van der Waals surface area contributed by atoms with Crippen LogP contribution in [0, 0.1) is 23.2 Å². The summed E-state index contributed by atoms with van der Waals surface area (Å²) < 4.78 is 12.9. The maximum absolute atomic E-state index is 13.7. The summed E-state index contributed by atoms with van der Waals surface area (Å²) in [5, 5.41) is 24.8. The van der Waals surface area contributed by atoms with Crippen LogP contribution in [0.25, 0.3) is 11.1 Å². The van der Waals surface area contributed by atoms with Gasteiger partial charge in [0, 0.05) is 10.6 Å². The molecule has 14 nitrogen and oxygen atoms in total. The minimum Gasteiger partial charge on any atom is -0.404 e. The fourth-order valence-corrected chi connectivity index (χ4v) is 8.92. The van der Waals surface area contributed by atoms with Crippen molar-refractivity contribution in [1.82, 2.24) is 26.6 Å². The molecule has 2 aromatic carbocycles. The van der Waals surface area contributed by atoms with Crippen LogP contribution in [0.1, 0.15) is 97.9 Å². The van der Waals surface area contributed by atoms with Gasteiger partial charge in [0.15, 0.2) is 0 Å². The molecule has 10 atom stereocenters. The van der Waals surface area contributed by atoms with Crippen LogP contribution in [0.15, 0.2) is 48.5 Å². The molecule has 4 fully saturated rings. The Kier molecular flexibility index (Phi) is 14.9. The number of nitrogens with one attached hydrogen (secondary N) is 5. The number of carbonyl (C=O) groups excluding carboxylic acids is 5. The number of hydrogen-bond acceptors (Lipinski definition) is 9. The van der Waals surface area contributed by atoms with Crippen LogP contribution in [0.5, 0.6) is 0 Å². The predicted molar refractivity (Wildman–Crippen MR) is 227 cm³/mol. The van der Waals surface area contributed by atoms with Gasteiger partial charge in [-0.1, -0.05) is 63.6 Å². The van der Waals surface area contributed by atoms with Gasteiger partial charge in [-0.25, -0.2) is 0 Å². The highest BCUT2D eigenvalue weighted by molar-refractivity contribution is 6.47. The van der Waals surface area contributed by atoms with Crippen molar-refractivity contribution in [3.8, 4) is 11.1 Å². The lowest BCUT2D eigenvalue weighted by Crippen LogP contribution is -2.65. The van der Waals surface area contributed by atoms with Crippen molar-refractivity contribution in [1.29, 1.82) is 0 Å². The molecule has 5 amide bonds. The summed E-state index contributed by atoms with van der Waals surface area (Å²) in [5.74, 6) is -3.04. The van der Waals surface area contributed by atoms with E-state index in [-0.39, 0.29) is 11.5 Å². The van der Waals surface area contributed by atoms with Crippen LogP contribution in [0.4, 0.5) is 0 Å². The highest BCUT2D eigenvalue weighted by atomic mass is 35.5. The minimum absolute atomic E-state index is 0.0525. The second kappa shape index (κ2) is 19.1. The van der Waals surface area contributed by atoms with Gasteiger partial charge in [0.05, 0.1) is 23.8 Å². The normalized spacial score (nSPS) is 24.6. The molecule has 3 aliphatic carbocycles. The summed E-state index contributed by atoms with van der Waals surface area (Å²) in [6, 6.07) is 9.53. The Hall–Kier alpha value is -4.02. The van der Waals surface area contributed by atoms with Gasteiger partial charge in [0.2, 0.25) is 23.6 Å². The minimum atomic E-state index is -1.47. The smallest absolute Gasteiger partial charge is 0.404 e. The summed E-state index contributed by atoms with van der Waals surface area (Å²) in [5.41, 5.74) is 7.57. The number of unbranched alkanes of at least 4 members (excludes halogenated alkanes) is 1. The van der Waals surface area contributed by atoms with Crippen LogP contribution in [0.2, 0.25) is 5.02 Å². The van der Waals surface area contributed by atoms with Crippen molar-refractivity contribution >= 4 is 48.3 Å². The van der Waals surface area contributed by atoms with Gasteiger partial charge in [0.25, 0.3) is 5.91 Å². The largest absolute Gasteiger partial charge is 0.481 e. The zero-order valence-corrected chi connectivity index (χ0v) is 36.2. The van der Waals surface area contributed by atoms with Crippen LogP contribution in [0.3, 0.4) is 0 Å². The molecule has 8 N–H and O–H groups in total. The zero-order valence-electron chi connectivity index (χ0n) is 35.5. The molecule has 59 heavy (non-hydrogen) atoms. The number of nitrogens with two attached hydrogens (primary N) is 1. The predicted octanol–water partition coefficient (Wildman–Crippen LogP) is 3.52. The molecule has 1 saturated heterocycles. The maximum atomic E-state index is 13.7. The molecule has 4 aliphatic rings. The van der Waals surface area contributed by atoms with E-state index in [1.165, 1.54) is 13.8 Å². The quantitative estimate of drug-likeness (QED) is 0.0865. The first-order chi connectivity index (χ1) is 27.8. The molecule has 0 spiro atoms. The number of benzene rings is 2. The highest BCUT2D eigenvalue weighted by Crippen LogP contribution is 2.65. The van der Waals surface area contributed by atoms with Crippen molar-refractivity contribution in [3.05, 3.63) is 59.1 Å². The van der Waals surface area contributed by atoms with E-state index in [4.69, 9.17) is 26.6 Å². The van der Waals surface area contributed by atoms with Crippen molar-refractivity contribution in [2.24, 2.45) is 28.9 Å². The Morgan fingerprint density at radius 1 is 0.797 bits per heavy atom. The molecule has 0 aromatic heterocycles. The Bertz CT molecular complexity index is 1830. The Morgan fingerprint density at radius 2 is 1.41 bits per heavy atom. The maximum Gasteiger partial charge on any atom is 0.481 e. The van der Waals surface area contributed by atoms with Crippen molar-refractivity contribution < 1.29 is 38.4 Å². The molecule has 2 aromatic rings. The van der Waals surface area contributed by atoms with E-state index in [9.17, 15) is 29.1 Å². The van der Waals surface area contributed by atoms with Crippen molar-refractivity contribution in [2.45, 2.75) is 135 Å². The summed E-state index contributed by atoms with van der Waals surface area (Å²) in [6.07, 6.45) is 2.10. The van der Waals surface area contributed by atoms with Crippen molar-refractivity contribution in [3.63, 3.8) is 0 Å². The summed E-state index contributed by atoms with van der Waals surface area (Å²) in [6.45, 7) is 15.2. The Morgan fingerprint density at radius 3 is 1.98 bits per heavy atom. The molecular formula is C43H62BClN6O8. The van der Waals surface area contributed by atoms with E-state index in [1.807, 2.05) is 19.1 Å². The molecule has 1 heterocycles. The number of carbonyl (C=O) groups is 5. The number of amides is 5. The van der Waals surface area contributed by atoms with Crippen LogP contribution in [-0.2, 0) is 28.5 Å². The van der Waals surface area contributed by atoms with E-state index < -0.39 is 84.4 Å². The highest BCUT2D eigenvalue weighted by Gasteiger charge is 2.68. The third-order valence-corrected chi connectivity index (χ3v) is 13.0. The number of hydrogen-bond donors (Lipinski definition) is 7. The first-order valence-electron chi connectivity index (χ1n) is 20.9. The van der Waals surface area contributed by atoms with E-state index in [2.05, 4.69) is 47.4 Å². The lowest BCUT2D eigenvalue weighted by Gasteiger charge is -2.64. The average molecular weight is 837 g/mol.